The monoisotopic (exact) mass is 423 g/mol. The van der Waals surface area contributed by atoms with Crippen LogP contribution >= 0.6 is 0 Å². The Morgan fingerprint density at radius 1 is 1.17 bits per heavy atom. The molecule has 0 spiro atoms. The number of rotatable bonds is 6. The Balaban J connectivity index is 1.38. The summed E-state index contributed by atoms with van der Waals surface area (Å²) < 4.78 is 25.4. The summed E-state index contributed by atoms with van der Waals surface area (Å²) in [5.41, 5.74) is 1.74. The first kappa shape index (κ1) is 19.8. The number of carbonyl (C=O) groups is 1. The van der Waals surface area contributed by atoms with Gasteiger partial charge in [0.05, 0.1) is 5.52 Å². The molecule has 4 rings (SSSR count). The van der Waals surface area contributed by atoms with E-state index in [1.807, 2.05) is 24.3 Å². The summed E-state index contributed by atoms with van der Waals surface area (Å²) in [6.45, 7) is 4.41. The molecule has 1 aromatic heterocycles. The molecular formula is C21H21N5O3S. The summed E-state index contributed by atoms with van der Waals surface area (Å²) in [6.07, 6.45) is 2.57. The molecule has 1 amide bonds. The number of amides is 1. The van der Waals surface area contributed by atoms with Crippen LogP contribution in [-0.2, 0) is 10.0 Å². The highest BCUT2D eigenvalue weighted by molar-refractivity contribution is 7.95. The second-order valence-corrected chi connectivity index (χ2v) is 8.65. The first-order chi connectivity index (χ1) is 14.4. The second kappa shape index (κ2) is 8.11. The van der Waals surface area contributed by atoms with Crippen molar-refractivity contribution >= 4 is 38.5 Å². The predicted octanol–water partition coefficient (Wildman–Crippen LogP) is 2.84. The third-order valence-corrected chi connectivity index (χ3v) is 5.87. The van der Waals surface area contributed by atoms with Gasteiger partial charge in [-0.05, 0) is 36.8 Å². The second-order valence-electron chi connectivity index (χ2n) is 7.02. The first-order valence-corrected chi connectivity index (χ1v) is 11.0. The minimum absolute atomic E-state index is 0.0637. The molecule has 1 atom stereocenters. The van der Waals surface area contributed by atoms with Crippen LogP contribution in [0.3, 0.4) is 0 Å². The summed E-state index contributed by atoms with van der Waals surface area (Å²) in [5.74, 6) is 0.448. The van der Waals surface area contributed by atoms with Gasteiger partial charge < -0.3 is 10.2 Å². The molecule has 3 aromatic rings. The Kier molecular flexibility index (Phi) is 5.37. The van der Waals surface area contributed by atoms with Crippen molar-refractivity contribution in [2.45, 2.75) is 12.5 Å². The van der Waals surface area contributed by atoms with Crippen LogP contribution in [0.25, 0.3) is 10.9 Å². The number of fused-ring (bicyclic) bond motifs is 1. The van der Waals surface area contributed by atoms with Crippen LogP contribution in [-0.4, -0.2) is 48.3 Å². The van der Waals surface area contributed by atoms with Crippen molar-refractivity contribution < 1.29 is 13.2 Å². The average Bonchev–Trinajstić information content (AvgIpc) is 3.22. The Bertz CT molecular complexity index is 1190. The summed E-state index contributed by atoms with van der Waals surface area (Å²) in [7, 11) is -3.57. The minimum atomic E-state index is -3.57. The van der Waals surface area contributed by atoms with Crippen molar-refractivity contribution in [2.24, 2.45) is 0 Å². The normalized spacial score (nSPS) is 16.4. The van der Waals surface area contributed by atoms with Crippen LogP contribution in [0.2, 0.25) is 0 Å². The third kappa shape index (κ3) is 4.41. The fraction of sp³-hybridized carbons (Fsp3) is 0.190. The summed E-state index contributed by atoms with van der Waals surface area (Å²) >= 11 is 0. The molecule has 30 heavy (non-hydrogen) atoms. The highest BCUT2D eigenvalue weighted by Crippen LogP contribution is 2.19. The fourth-order valence-corrected chi connectivity index (χ4v) is 3.90. The van der Waals surface area contributed by atoms with Gasteiger partial charge in [0.2, 0.25) is 5.95 Å². The van der Waals surface area contributed by atoms with E-state index >= 15 is 0 Å². The molecular weight excluding hydrogens is 402 g/mol. The van der Waals surface area contributed by atoms with E-state index < -0.39 is 10.0 Å². The molecule has 1 saturated heterocycles. The lowest BCUT2D eigenvalue weighted by molar-refractivity contribution is 0.0791. The average molecular weight is 423 g/mol. The van der Waals surface area contributed by atoms with Crippen molar-refractivity contribution in [1.29, 1.82) is 0 Å². The number of sulfonamides is 1. The molecule has 2 N–H and O–H groups in total. The van der Waals surface area contributed by atoms with E-state index in [0.717, 1.165) is 22.7 Å². The van der Waals surface area contributed by atoms with Crippen LogP contribution < -0.4 is 10.0 Å². The van der Waals surface area contributed by atoms with Gasteiger partial charge in [0, 0.05) is 47.4 Å². The highest BCUT2D eigenvalue weighted by atomic mass is 32.2. The quantitative estimate of drug-likeness (QED) is 0.632. The van der Waals surface area contributed by atoms with Gasteiger partial charge in [-0.2, -0.15) is 0 Å². The molecule has 2 heterocycles. The number of hydrogen-bond donors (Lipinski definition) is 2. The summed E-state index contributed by atoms with van der Waals surface area (Å²) in [6, 6.07) is 14.2. The zero-order chi connectivity index (χ0) is 21.1. The topological polar surface area (TPSA) is 104 Å². The van der Waals surface area contributed by atoms with Gasteiger partial charge in [-0.3, -0.25) is 9.52 Å². The van der Waals surface area contributed by atoms with Gasteiger partial charge in [-0.25, -0.2) is 18.4 Å². The van der Waals surface area contributed by atoms with Gasteiger partial charge in [0.25, 0.3) is 15.9 Å². The van der Waals surface area contributed by atoms with Crippen molar-refractivity contribution in [3.8, 4) is 0 Å². The molecule has 2 aromatic carbocycles. The Morgan fingerprint density at radius 3 is 2.70 bits per heavy atom. The molecule has 0 radical (unpaired) electrons. The smallest absolute Gasteiger partial charge is 0.254 e. The maximum atomic E-state index is 12.8. The van der Waals surface area contributed by atoms with E-state index in [-0.39, 0.29) is 11.9 Å². The number of nitrogens with zero attached hydrogens (tertiary/aromatic N) is 3. The van der Waals surface area contributed by atoms with Gasteiger partial charge >= 0.3 is 0 Å². The van der Waals surface area contributed by atoms with Gasteiger partial charge in [-0.1, -0.05) is 24.8 Å². The van der Waals surface area contributed by atoms with Crippen molar-refractivity contribution in [2.75, 3.05) is 23.1 Å². The van der Waals surface area contributed by atoms with Gasteiger partial charge in [0.1, 0.15) is 0 Å². The van der Waals surface area contributed by atoms with Gasteiger partial charge in [-0.15, -0.1) is 0 Å². The standard InChI is InChI=1S/C21H21N5O3S/c1-2-30(28,29)25-17-9-7-15(8-10-17)20(27)26-12-11-18(14-26)23-21-22-13-16-5-3-4-6-19(16)24-21/h2-10,13,18,25H,1,11-12,14H2,(H,22,23,24)/t18-/m0/s1. The highest BCUT2D eigenvalue weighted by Gasteiger charge is 2.27. The molecule has 1 aliphatic rings. The van der Waals surface area contributed by atoms with Gasteiger partial charge in [0.15, 0.2) is 0 Å². The number of carbonyl (C=O) groups excluding carboxylic acids is 1. The number of nitrogens with one attached hydrogen (secondary N) is 2. The molecule has 0 aliphatic carbocycles. The Morgan fingerprint density at radius 2 is 1.93 bits per heavy atom. The van der Waals surface area contributed by atoms with E-state index in [9.17, 15) is 13.2 Å². The maximum absolute atomic E-state index is 12.8. The molecule has 1 aliphatic heterocycles. The summed E-state index contributed by atoms with van der Waals surface area (Å²) in [5, 5.41) is 5.12. The lowest BCUT2D eigenvalue weighted by Crippen LogP contribution is -2.31. The first-order valence-electron chi connectivity index (χ1n) is 9.46. The summed E-state index contributed by atoms with van der Waals surface area (Å²) in [4.78, 5) is 23.4. The van der Waals surface area contributed by atoms with Crippen LogP contribution in [0.5, 0.6) is 0 Å². The molecule has 0 unspecified atom stereocenters. The van der Waals surface area contributed by atoms with E-state index in [4.69, 9.17) is 0 Å². The SMILES string of the molecule is C=CS(=O)(=O)Nc1ccc(C(=O)N2CC[C@H](Nc3ncc4ccccc4n3)C2)cc1. The lowest BCUT2D eigenvalue weighted by Gasteiger charge is -2.17. The maximum Gasteiger partial charge on any atom is 0.254 e. The lowest BCUT2D eigenvalue weighted by atomic mass is 10.2. The largest absolute Gasteiger partial charge is 0.350 e. The zero-order valence-corrected chi connectivity index (χ0v) is 17.0. The van der Waals surface area contributed by atoms with Crippen molar-refractivity contribution in [1.82, 2.24) is 14.9 Å². The molecule has 1 fully saturated rings. The molecule has 9 heteroatoms. The fourth-order valence-electron chi connectivity index (χ4n) is 3.36. The van der Waals surface area contributed by atoms with Crippen LogP contribution in [0.4, 0.5) is 11.6 Å². The molecule has 0 saturated carbocycles. The van der Waals surface area contributed by atoms with E-state index in [0.29, 0.717) is 30.3 Å². The molecule has 0 bridgehead atoms. The van der Waals surface area contributed by atoms with Crippen molar-refractivity contribution in [3.63, 3.8) is 0 Å². The number of likely N-dealkylation sites (tertiary alicyclic amines) is 1. The van der Waals surface area contributed by atoms with E-state index in [1.165, 1.54) is 0 Å². The number of hydrogen-bond acceptors (Lipinski definition) is 6. The van der Waals surface area contributed by atoms with Crippen LogP contribution in [0, 0.1) is 0 Å². The van der Waals surface area contributed by atoms with E-state index in [1.54, 1.807) is 35.4 Å². The third-order valence-electron chi connectivity index (χ3n) is 4.91. The molecule has 8 nitrogen and oxygen atoms in total. The van der Waals surface area contributed by atoms with Crippen LogP contribution in [0.1, 0.15) is 16.8 Å². The van der Waals surface area contributed by atoms with Crippen molar-refractivity contribution in [3.05, 3.63) is 72.3 Å². The number of aromatic nitrogens is 2. The predicted molar refractivity (Wildman–Crippen MR) is 117 cm³/mol. The minimum Gasteiger partial charge on any atom is -0.350 e. The Labute approximate surface area is 174 Å². The Hall–Kier alpha value is -3.46. The van der Waals surface area contributed by atoms with E-state index in [2.05, 4.69) is 26.6 Å². The zero-order valence-electron chi connectivity index (χ0n) is 16.2. The number of para-hydroxylation sites is 1. The molecule has 154 valence electrons. The van der Waals surface area contributed by atoms with Crippen LogP contribution in [0.15, 0.2) is 66.7 Å². The number of anilines is 2. The number of benzene rings is 2.